The van der Waals surface area contributed by atoms with E-state index >= 15 is 0 Å². The Hall–Kier alpha value is -1.82. The van der Waals surface area contributed by atoms with E-state index in [1.165, 1.54) is 0 Å². The topological polar surface area (TPSA) is 56.9 Å². The minimum Gasteiger partial charge on any atom is -0.492 e. The summed E-state index contributed by atoms with van der Waals surface area (Å²) in [5.74, 6) is -0.162. The van der Waals surface area contributed by atoms with Gasteiger partial charge in [0.25, 0.3) is 0 Å². The molecule has 0 radical (unpaired) electrons. The number of pyridine rings is 1. The van der Waals surface area contributed by atoms with Gasteiger partial charge in [0.2, 0.25) is 5.88 Å². The van der Waals surface area contributed by atoms with Gasteiger partial charge in [-0.25, -0.2) is 4.98 Å². The molecule has 0 aromatic carbocycles. The zero-order valence-corrected chi connectivity index (χ0v) is 7.20. The van der Waals surface area contributed by atoms with Crippen LogP contribution in [0, 0.1) is 18.3 Å². The molecule has 1 aliphatic rings. The Morgan fingerprint density at radius 3 is 3.08 bits per heavy atom. The molecule has 1 heterocycles. The van der Waals surface area contributed by atoms with E-state index < -0.39 is 0 Å². The Balaban J connectivity index is 2.80. The summed E-state index contributed by atoms with van der Waals surface area (Å²) >= 11 is 0. The molecule has 3 nitrogen and oxygen atoms in total. The second-order valence-corrected chi connectivity index (χ2v) is 3.01. The predicted octanol–water partition coefficient (Wildman–Crippen LogP) is 1.54. The Morgan fingerprint density at radius 1 is 1.62 bits per heavy atom. The Labute approximate surface area is 76.0 Å². The highest BCUT2D eigenvalue weighted by Gasteiger charge is 2.17. The van der Waals surface area contributed by atoms with Gasteiger partial charge in [-0.15, -0.1) is 0 Å². The average Bonchev–Trinajstić information content (AvgIpc) is 2.53. The number of hydrogen-bond donors (Lipinski definition) is 1. The van der Waals surface area contributed by atoms with Gasteiger partial charge in [0, 0.05) is 11.3 Å². The first kappa shape index (κ1) is 7.81. The molecule has 0 unspecified atom stereocenters. The SMILES string of the molecule is Cc1nc(O)c(C#N)c2c1CC=C2. The molecular formula is C10H8N2O. The fraction of sp³-hybridized carbons (Fsp3) is 0.200. The van der Waals surface area contributed by atoms with Gasteiger partial charge in [-0.05, 0) is 18.9 Å². The van der Waals surface area contributed by atoms with Crippen LogP contribution < -0.4 is 0 Å². The third-order valence-electron chi connectivity index (χ3n) is 2.25. The summed E-state index contributed by atoms with van der Waals surface area (Å²) < 4.78 is 0. The first-order valence-corrected chi connectivity index (χ1v) is 4.03. The van der Waals surface area contributed by atoms with Crippen LogP contribution in [0.2, 0.25) is 0 Å². The van der Waals surface area contributed by atoms with Crippen molar-refractivity contribution in [3.8, 4) is 11.9 Å². The number of hydrogen-bond acceptors (Lipinski definition) is 3. The van der Waals surface area contributed by atoms with Crippen LogP contribution in [0.5, 0.6) is 5.88 Å². The Morgan fingerprint density at radius 2 is 2.38 bits per heavy atom. The van der Waals surface area contributed by atoms with Gasteiger partial charge in [-0.2, -0.15) is 5.26 Å². The molecule has 0 aliphatic heterocycles. The second-order valence-electron chi connectivity index (χ2n) is 3.01. The molecule has 1 N–H and O–H groups in total. The van der Waals surface area contributed by atoms with E-state index in [-0.39, 0.29) is 11.4 Å². The van der Waals surface area contributed by atoms with E-state index in [1.807, 2.05) is 25.1 Å². The fourth-order valence-corrected chi connectivity index (χ4v) is 1.59. The Bertz CT molecular complexity index is 441. The molecule has 1 aliphatic carbocycles. The number of nitriles is 1. The normalized spacial score (nSPS) is 12.6. The molecule has 1 aromatic rings. The molecule has 0 bridgehead atoms. The summed E-state index contributed by atoms with van der Waals surface area (Å²) in [6.07, 6.45) is 4.64. The van der Waals surface area contributed by atoms with E-state index in [2.05, 4.69) is 4.98 Å². The number of aromatic hydroxyl groups is 1. The molecule has 0 fully saturated rings. The van der Waals surface area contributed by atoms with Crippen molar-refractivity contribution in [1.29, 1.82) is 5.26 Å². The monoisotopic (exact) mass is 172 g/mol. The van der Waals surface area contributed by atoms with Crippen LogP contribution in [0.15, 0.2) is 6.08 Å². The minimum atomic E-state index is -0.162. The number of aryl methyl sites for hydroxylation is 1. The molecular weight excluding hydrogens is 164 g/mol. The van der Waals surface area contributed by atoms with Crippen molar-refractivity contribution < 1.29 is 5.11 Å². The molecule has 0 saturated heterocycles. The molecule has 2 rings (SSSR count). The van der Waals surface area contributed by atoms with E-state index in [0.717, 1.165) is 23.2 Å². The molecule has 0 amide bonds. The maximum atomic E-state index is 9.39. The van der Waals surface area contributed by atoms with Gasteiger partial charge in [-0.3, -0.25) is 0 Å². The summed E-state index contributed by atoms with van der Waals surface area (Å²) in [5.41, 5.74) is 2.97. The number of allylic oxidation sites excluding steroid dienone is 1. The van der Waals surface area contributed by atoms with Gasteiger partial charge in [0.1, 0.15) is 11.6 Å². The van der Waals surface area contributed by atoms with Crippen molar-refractivity contribution in [2.45, 2.75) is 13.3 Å². The maximum absolute atomic E-state index is 9.39. The lowest BCUT2D eigenvalue weighted by Gasteiger charge is -2.05. The highest BCUT2D eigenvalue weighted by atomic mass is 16.3. The van der Waals surface area contributed by atoms with Crippen LogP contribution in [0.3, 0.4) is 0 Å². The molecule has 1 aromatic heterocycles. The zero-order valence-electron chi connectivity index (χ0n) is 7.20. The highest BCUT2D eigenvalue weighted by molar-refractivity contribution is 5.69. The quantitative estimate of drug-likeness (QED) is 0.645. The first-order valence-electron chi connectivity index (χ1n) is 4.03. The van der Waals surface area contributed by atoms with Crippen molar-refractivity contribution in [3.05, 3.63) is 28.5 Å². The van der Waals surface area contributed by atoms with Gasteiger partial charge >= 0.3 is 0 Å². The lowest BCUT2D eigenvalue weighted by molar-refractivity contribution is 0.449. The fourth-order valence-electron chi connectivity index (χ4n) is 1.59. The van der Waals surface area contributed by atoms with E-state index in [4.69, 9.17) is 5.26 Å². The summed E-state index contributed by atoms with van der Waals surface area (Å²) in [6, 6.07) is 1.96. The van der Waals surface area contributed by atoms with Crippen molar-refractivity contribution in [3.63, 3.8) is 0 Å². The van der Waals surface area contributed by atoms with Crippen molar-refractivity contribution >= 4 is 6.08 Å². The van der Waals surface area contributed by atoms with Gasteiger partial charge in [0.05, 0.1) is 0 Å². The predicted molar refractivity (Wildman–Crippen MR) is 48.1 cm³/mol. The molecule has 0 atom stereocenters. The standard InChI is InChI=1S/C10H8N2O/c1-6-7-3-2-4-8(7)9(5-11)10(13)12-6/h2,4H,3H2,1H3,(H,12,13). The second kappa shape index (κ2) is 2.60. The van der Waals surface area contributed by atoms with Gasteiger partial charge in [0.15, 0.2) is 0 Å². The van der Waals surface area contributed by atoms with Crippen LogP contribution in [0.25, 0.3) is 6.08 Å². The van der Waals surface area contributed by atoms with Crippen LogP contribution in [0.4, 0.5) is 0 Å². The molecule has 0 saturated carbocycles. The minimum absolute atomic E-state index is 0.162. The maximum Gasteiger partial charge on any atom is 0.230 e. The molecule has 64 valence electrons. The summed E-state index contributed by atoms with van der Waals surface area (Å²) in [5, 5.41) is 18.2. The zero-order chi connectivity index (χ0) is 9.42. The summed E-state index contributed by atoms with van der Waals surface area (Å²) in [4.78, 5) is 3.91. The molecule has 0 spiro atoms. The molecule has 13 heavy (non-hydrogen) atoms. The van der Waals surface area contributed by atoms with Crippen LogP contribution >= 0.6 is 0 Å². The number of aromatic nitrogens is 1. The van der Waals surface area contributed by atoms with Crippen LogP contribution in [-0.2, 0) is 6.42 Å². The lowest BCUT2D eigenvalue weighted by Crippen LogP contribution is -1.96. The van der Waals surface area contributed by atoms with Crippen molar-refractivity contribution in [2.75, 3.05) is 0 Å². The third kappa shape index (κ3) is 0.994. The summed E-state index contributed by atoms with van der Waals surface area (Å²) in [6.45, 7) is 1.84. The largest absolute Gasteiger partial charge is 0.492 e. The van der Waals surface area contributed by atoms with Crippen molar-refractivity contribution in [1.82, 2.24) is 4.98 Å². The lowest BCUT2D eigenvalue weighted by atomic mass is 10.0. The number of rotatable bonds is 0. The number of fused-ring (bicyclic) bond motifs is 1. The van der Waals surface area contributed by atoms with E-state index in [9.17, 15) is 5.11 Å². The van der Waals surface area contributed by atoms with Crippen LogP contribution in [0.1, 0.15) is 22.4 Å². The summed E-state index contributed by atoms with van der Waals surface area (Å²) in [7, 11) is 0. The van der Waals surface area contributed by atoms with Gasteiger partial charge in [-0.1, -0.05) is 12.2 Å². The van der Waals surface area contributed by atoms with E-state index in [1.54, 1.807) is 0 Å². The van der Waals surface area contributed by atoms with E-state index in [0.29, 0.717) is 0 Å². The highest BCUT2D eigenvalue weighted by Crippen LogP contribution is 2.29. The van der Waals surface area contributed by atoms with Crippen molar-refractivity contribution in [2.24, 2.45) is 0 Å². The first-order chi connectivity index (χ1) is 6.24. The van der Waals surface area contributed by atoms with Crippen LogP contribution in [-0.4, -0.2) is 10.1 Å². The number of nitrogens with zero attached hydrogens (tertiary/aromatic N) is 2. The smallest absolute Gasteiger partial charge is 0.230 e. The molecule has 3 heteroatoms. The Kier molecular flexibility index (Phi) is 1.56. The van der Waals surface area contributed by atoms with Gasteiger partial charge < -0.3 is 5.11 Å². The third-order valence-corrected chi connectivity index (χ3v) is 2.25. The average molecular weight is 172 g/mol.